The Balaban J connectivity index is 1.84. The van der Waals surface area contributed by atoms with Gasteiger partial charge in [0.1, 0.15) is 4.90 Å². The summed E-state index contributed by atoms with van der Waals surface area (Å²) in [5.41, 5.74) is 4.23. The van der Waals surface area contributed by atoms with E-state index in [1.54, 1.807) is 29.3 Å². The molecule has 1 aromatic heterocycles. The van der Waals surface area contributed by atoms with Gasteiger partial charge >= 0.3 is 0 Å². The summed E-state index contributed by atoms with van der Waals surface area (Å²) in [6, 6.07) is 11.8. The number of nitrogens with zero attached hydrogens (tertiary/aromatic N) is 1. The van der Waals surface area contributed by atoms with Crippen molar-refractivity contribution in [1.29, 1.82) is 0 Å². The Hall–Kier alpha value is -3.11. The van der Waals surface area contributed by atoms with Crippen molar-refractivity contribution in [3.05, 3.63) is 82.9 Å². The van der Waals surface area contributed by atoms with Crippen molar-refractivity contribution in [2.24, 2.45) is 0 Å². The van der Waals surface area contributed by atoms with Crippen molar-refractivity contribution >= 4 is 15.9 Å². The molecule has 0 fully saturated rings. The Kier molecular flexibility index (Phi) is 5.49. The first-order valence-corrected chi connectivity index (χ1v) is 9.82. The van der Waals surface area contributed by atoms with Crippen LogP contribution in [0.25, 0.3) is 5.69 Å². The standard InChI is InChI=1S/C19H16F3N3O3S/c1-11-10-14(12(2)25(11)13-6-4-3-5-7-13)19(26)23-24-29(27,28)16-9-8-15(20)17(21)18(16)22/h3-10,24H,1-2H3,(H,23,26). The first-order chi connectivity index (χ1) is 13.6. The highest BCUT2D eigenvalue weighted by Gasteiger charge is 2.25. The van der Waals surface area contributed by atoms with Crippen molar-refractivity contribution in [2.45, 2.75) is 18.7 Å². The lowest BCUT2D eigenvalue weighted by molar-refractivity contribution is 0.0944. The highest BCUT2D eigenvalue weighted by atomic mass is 32.2. The van der Waals surface area contributed by atoms with E-state index in [4.69, 9.17) is 0 Å². The molecule has 1 amide bonds. The summed E-state index contributed by atoms with van der Waals surface area (Å²) in [7, 11) is -4.67. The molecule has 152 valence electrons. The van der Waals surface area contributed by atoms with Gasteiger partial charge in [-0.1, -0.05) is 18.2 Å². The third-order valence-corrected chi connectivity index (χ3v) is 5.54. The maximum atomic E-state index is 13.8. The number of benzene rings is 2. The zero-order chi connectivity index (χ0) is 21.3. The van der Waals surface area contributed by atoms with Gasteiger partial charge in [-0.25, -0.2) is 21.6 Å². The molecule has 6 nitrogen and oxygen atoms in total. The summed E-state index contributed by atoms with van der Waals surface area (Å²) in [4.78, 5) is 13.0. The molecule has 0 aliphatic carbocycles. The lowest BCUT2D eigenvalue weighted by Crippen LogP contribution is -2.42. The summed E-state index contributed by atoms with van der Waals surface area (Å²) < 4.78 is 66.2. The van der Waals surface area contributed by atoms with Crippen molar-refractivity contribution in [3.8, 4) is 5.69 Å². The van der Waals surface area contributed by atoms with Crippen LogP contribution in [0.4, 0.5) is 13.2 Å². The first-order valence-electron chi connectivity index (χ1n) is 8.33. The highest BCUT2D eigenvalue weighted by Crippen LogP contribution is 2.21. The number of hydrogen-bond acceptors (Lipinski definition) is 3. The summed E-state index contributed by atoms with van der Waals surface area (Å²) in [6.45, 7) is 3.45. The molecule has 0 aliphatic heterocycles. The van der Waals surface area contributed by atoms with Crippen LogP contribution in [-0.4, -0.2) is 18.9 Å². The summed E-state index contributed by atoms with van der Waals surface area (Å²) in [5.74, 6) is -6.13. The van der Waals surface area contributed by atoms with Crippen molar-refractivity contribution in [1.82, 2.24) is 14.8 Å². The normalized spacial score (nSPS) is 11.5. The Morgan fingerprint density at radius 3 is 2.28 bits per heavy atom. The van der Waals surface area contributed by atoms with E-state index >= 15 is 0 Å². The van der Waals surface area contributed by atoms with Gasteiger partial charge in [0.2, 0.25) is 0 Å². The SMILES string of the molecule is Cc1cc(C(=O)NNS(=O)(=O)c2ccc(F)c(F)c2F)c(C)n1-c1ccccc1. The van der Waals surface area contributed by atoms with Gasteiger partial charge in [-0.15, -0.1) is 4.83 Å². The fourth-order valence-corrected chi connectivity index (χ4v) is 3.83. The molecule has 0 atom stereocenters. The number of halogens is 3. The summed E-state index contributed by atoms with van der Waals surface area (Å²) >= 11 is 0. The number of aromatic nitrogens is 1. The maximum absolute atomic E-state index is 13.8. The molecule has 0 saturated carbocycles. The third-order valence-electron chi connectivity index (χ3n) is 4.28. The predicted octanol–water partition coefficient (Wildman–Crippen LogP) is 3.13. The minimum atomic E-state index is -4.67. The average Bonchev–Trinajstić information content (AvgIpc) is 2.99. The molecule has 0 spiro atoms. The molecule has 0 radical (unpaired) electrons. The van der Waals surface area contributed by atoms with Crippen LogP contribution in [0.3, 0.4) is 0 Å². The van der Waals surface area contributed by atoms with Crippen LogP contribution in [0.1, 0.15) is 21.7 Å². The number of amides is 1. The molecule has 0 unspecified atom stereocenters. The number of rotatable bonds is 5. The number of aryl methyl sites for hydroxylation is 1. The fraction of sp³-hybridized carbons (Fsp3) is 0.105. The van der Waals surface area contributed by atoms with Gasteiger partial charge in [0, 0.05) is 17.1 Å². The van der Waals surface area contributed by atoms with E-state index in [1.807, 2.05) is 35.8 Å². The van der Waals surface area contributed by atoms with Crippen molar-refractivity contribution in [2.75, 3.05) is 0 Å². The summed E-state index contributed by atoms with van der Waals surface area (Å²) in [6.07, 6.45) is 0. The van der Waals surface area contributed by atoms with Crippen LogP contribution in [0.5, 0.6) is 0 Å². The van der Waals surface area contributed by atoms with Gasteiger partial charge in [0.25, 0.3) is 15.9 Å². The zero-order valence-corrected chi connectivity index (χ0v) is 16.1. The van der Waals surface area contributed by atoms with Crippen LogP contribution >= 0.6 is 0 Å². The lowest BCUT2D eigenvalue weighted by atomic mass is 10.2. The third kappa shape index (κ3) is 3.89. The minimum Gasteiger partial charge on any atom is -0.318 e. The second kappa shape index (κ2) is 7.72. The van der Waals surface area contributed by atoms with E-state index in [2.05, 4.69) is 0 Å². The molecule has 1 heterocycles. The van der Waals surface area contributed by atoms with Gasteiger partial charge in [-0.2, -0.15) is 0 Å². The average molecular weight is 423 g/mol. The molecular formula is C19H16F3N3O3S. The highest BCUT2D eigenvalue weighted by molar-refractivity contribution is 7.89. The van der Waals surface area contributed by atoms with Crippen molar-refractivity contribution < 1.29 is 26.4 Å². The van der Waals surface area contributed by atoms with E-state index in [9.17, 15) is 26.4 Å². The van der Waals surface area contributed by atoms with Crippen LogP contribution in [-0.2, 0) is 10.0 Å². The minimum absolute atomic E-state index is 0.180. The number of sulfonamides is 1. The van der Waals surface area contributed by atoms with E-state index < -0.39 is 38.3 Å². The molecule has 29 heavy (non-hydrogen) atoms. The number of carbonyl (C=O) groups is 1. The Labute approximate surface area is 165 Å². The molecule has 0 bridgehead atoms. The number of hydrogen-bond donors (Lipinski definition) is 2. The molecule has 0 aliphatic rings. The molecule has 10 heteroatoms. The van der Waals surface area contributed by atoms with E-state index in [-0.39, 0.29) is 5.56 Å². The van der Waals surface area contributed by atoms with Gasteiger partial charge in [-0.05, 0) is 44.2 Å². The quantitative estimate of drug-likeness (QED) is 0.489. The zero-order valence-electron chi connectivity index (χ0n) is 15.3. The number of para-hydroxylation sites is 1. The number of hydrazine groups is 1. The van der Waals surface area contributed by atoms with Crippen LogP contribution in [0.2, 0.25) is 0 Å². The van der Waals surface area contributed by atoms with Crippen molar-refractivity contribution in [3.63, 3.8) is 0 Å². The molecule has 2 aromatic carbocycles. The topological polar surface area (TPSA) is 80.2 Å². The van der Waals surface area contributed by atoms with Gasteiger partial charge < -0.3 is 4.57 Å². The van der Waals surface area contributed by atoms with E-state index in [1.165, 1.54) is 0 Å². The first kappa shape index (κ1) is 20.6. The Morgan fingerprint density at radius 1 is 0.966 bits per heavy atom. The van der Waals surface area contributed by atoms with Crippen LogP contribution < -0.4 is 10.3 Å². The van der Waals surface area contributed by atoms with Gasteiger partial charge in [-0.3, -0.25) is 10.2 Å². The van der Waals surface area contributed by atoms with Crippen LogP contribution in [0, 0.1) is 31.3 Å². The van der Waals surface area contributed by atoms with E-state index in [0.29, 0.717) is 17.8 Å². The molecule has 3 rings (SSSR count). The predicted molar refractivity (Wildman–Crippen MR) is 99.3 cm³/mol. The lowest BCUT2D eigenvalue weighted by Gasteiger charge is -2.11. The molecule has 0 saturated heterocycles. The Morgan fingerprint density at radius 2 is 1.62 bits per heavy atom. The fourth-order valence-electron chi connectivity index (χ4n) is 2.92. The van der Waals surface area contributed by atoms with E-state index in [0.717, 1.165) is 11.4 Å². The largest absolute Gasteiger partial charge is 0.318 e. The molecule has 3 aromatic rings. The smallest absolute Gasteiger partial charge is 0.268 e. The molecular weight excluding hydrogens is 407 g/mol. The van der Waals surface area contributed by atoms with Gasteiger partial charge in [0.15, 0.2) is 17.5 Å². The monoisotopic (exact) mass is 423 g/mol. The maximum Gasteiger partial charge on any atom is 0.268 e. The number of carbonyl (C=O) groups excluding carboxylic acids is 1. The molecule has 2 N–H and O–H groups in total. The summed E-state index contributed by atoms with van der Waals surface area (Å²) in [5, 5.41) is 0. The van der Waals surface area contributed by atoms with Gasteiger partial charge in [0.05, 0.1) is 5.56 Å². The number of nitrogens with one attached hydrogen (secondary N) is 2. The van der Waals surface area contributed by atoms with Crippen LogP contribution in [0.15, 0.2) is 53.4 Å². The second-order valence-electron chi connectivity index (χ2n) is 6.19. The second-order valence-corrected chi connectivity index (χ2v) is 7.84. The Bertz CT molecular complexity index is 1190.